The summed E-state index contributed by atoms with van der Waals surface area (Å²) in [7, 11) is 2.94. The first-order chi connectivity index (χ1) is 9.99. The van der Waals surface area contributed by atoms with Crippen molar-refractivity contribution in [3.05, 3.63) is 29.6 Å². The summed E-state index contributed by atoms with van der Waals surface area (Å²) in [4.78, 5) is 39.4. The van der Waals surface area contributed by atoms with Gasteiger partial charge in [0.15, 0.2) is 0 Å². The fraction of sp³-hybridized carbons (Fsp3) is 0.385. The molecule has 0 aromatic carbocycles. The van der Waals surface area contributed by atoms with Crippen LogP contribution in [-0.2, 0) is 9.53 Å². The van der Waals surface area contributed by atoms with Gasteiger partial charge in [0.05, 0.1) is 12.2 Å². The van der Waals surface area contributed by atoms with Crippen LogP contribution in [0.3, 0.4) is 0 Å². The van der Waals surface area contributed by atoms with Crippen molar-refractivity contribution >= 4 is 17.8 Å². The molecule has 0 bridgehead atoms. The van der Waals surface area contributed by atoms with Gasteiger partial charge >= 0.3 is 5.97 Å². The molecule has 0 fully saturated rings. The normalized spacial score (nSPS) is 10.0. The molecule has 8 heteroatoms. The third-order valence-corrected chi connectivity index (χ3v) is 2.65. The van der Waals surface area contributed by atoms with E-state index < -0.39 is 18.4 Å². The largest absolute Gasteiger partial charge is 0.480 e. The molecule has 1 aromatic heterocycles. The number of carbonyl (C=O) groups is 3. The molecule has 8 nitrogen and oxygen atoms in total. The Morgan fingerprint density at radius 3 is 2.57 bits per heavy atom. The van der Waals surface area contributed by atoms with Gasteiger partial charge in [0, 0.05) is 26.9 Å². The van der Waals surface area contributed by atoms with Crippen molar-refractivity contribution in [2.75, 3.05) is 33.9 Å². The first-order valence-electron chi connectivity index (χ1n) is 6.17. The SMILES string of the molecule is CNC(=O)c1ccc(C(=O)N(CCOC)CC(=O)O)cn1. The van der Waals surface area contributed by atoms with Gasteiger partial charge in [-0.25, -0.2) is 0 Å². The monoisotopic (exact) mass is 295 g/mol. The molecule has 2 N–H and O–H groups in total. The molecule has 1 aromatic rings. The van der Waals surface area contributed by atoms with Crippen LogP contribution in [0.5, 0.6) is 0 Å². The quantitative estimate of drug-likeness (QED) is 0.709. The number of carboxylic acid groups (broad SMARTS) is 1. The van der Waals surface area contributed by atoms with Crippen molar-refractivity contribution < 1.29 is 24.2 Å². The van der Waals surface area contributed by atoms with Crippen LogP contribution in [0.15, 0.2) is 18.3 Å². The first kappa shape index (κ1) is 16.6. The summed E-state index contributed by atoms with van der Waals surface area (Å²) in [6.45, 7) is -0.0546. The van der Waals surface area contributed by atoms with Crippen LogP contribution in [0.25, 0.3) is 0 Å². The molecule has 2 amide bonds. The van der Waals surface area contributed by atoms with Crippen LogP contribution in [0, 0.1) is 0 Å². The highest BCUT2D eigenvalue weighted by Gasteiger charge is 2.19. The molecular formula is C13H17N3O5. The molecular weight excluding hydrogens is 278 g/mol. The van der Waals surface area contributed by atoms with E-state index in [-0.39, 0.29) is 30.3 Å². The highest BCUT2D eigenvalue weighted by atomic mass is 16.5. The lowest BCUT2D eigenvalue weighted by atomic mass is 10.2. The lowest BCUT2D eigenvalue weighted by molar-refractivity contribution is -0.137. The molecule has 1 heterocycles. The minimum absolute atomic E-state index is 0.152. The number of nitrogens with zero attached hydrogens (tertiary/aromatic N) is 2. The van der Waals surface area contributed by atoms with Crippen molar-refractivity contribution in [2.24, 2.45) is 0 Å². The van der Waals surface area contributed by atoms with Gasteiger partial charge in [0.25, 0.3) is 11.8 Å². The van der Waals surface area contributed by atoms with E-state index in [1.165, 1.54) is 32.5 Å². The Bertz CT molecular complexity index is 515. The summed E-state index contributed by atoms with van der Waals surface area (Å²) in [5, 5.41) is 11.2. The average molecular weight is 295 g/mol. The van der Waals surface area contributed by atoms with Gasteiger partial charge in [0.2, 0.25) is 0 Å². The number of carbonyl (C=O) groups excluding carboxylic acids is 2. The van der Waals surface area contributed by atoms with Gasteiger partial charge in [-0.05, 0) is 12.1 Å². The van der Waals surface area contributed by atoms with Crippen LogP contribution in [0.1, 0.15) is 20.8 Å². The number of hydrogen-bond acceptors (Lipinski definition) is 5. The Morgan fingerprint density at radius 2 is 2.10 bits per heavy atom. The second-order valence-corrected chi connectivity index (χ2v) is 4.12. The third kappa shape index (κ3) is 4.84. The summed E-state index contributed by atoms with van der Waals surface area (Å²) < 4.78 is 4.85. The van der Waals surface area contributed by atoms with Crippen molar-refractivity contribution in [1.29, 1.82) is 0 Å². The van der Waals surface area contributed by atoms with Crippen molar-refractivity contribution in [3.63, 3.8) is 0 Å². The van der Waals surface area contributed by atoms with E-state index in [2.05, 4.69) is 10.3 Å². The maximum Gasteiger partial charge on any atom is 0.323 e. The lowest BCUT2D eigenvalue weighted by Crippen LogP contribution is -2.38. The molecule has 0 spiro atoms. The second-order valence-electron chi connectivity index (χ2n) is 4.12. The summed E-state index contributed by atoms with van der Waals surface area (Å²) in [6, 6.07) is 2.84. The maximum absolute atomic E-state index is 12.2. The van der Waals surface area contributed by atoms with Gasteiger partial charge in [-0.2, -0.15) is 0 Å². The lowest BCUT2D eigenvalue weighted by Gasteiger charge is -2.20. The molecule has 0 saturated carbocycles. The number of ether oxygens (including phenoxy) is 1. The Kier molecular flexibility index (Phi) is 6.28. The first-order valence-corrected chi connectivity index (χ1v) is 6.17. The molecule has 1 rings (SSSR count). The van der Waals surface area contributed by atoms with Crippen LogP contribution < -0.4 is 5.32 Å². The Balaban J connectivity index is 2.87. The summed E-state index contributed by atoms with van der Waals surface area (Å²) in [6.07, 6.45) is 1.24. The number of carboxylic acids is 1. The van der Waals surface area contributed by atoms with E-state index >= 15 is 0 Å². The van der Waals surface area contributed by atoms with Gasteiger partial charge in [-0.1, -0.05) is 0 Å². The highest BCUT2D eigenvalue weighted by Crippen LogP contribution is 2.05. The zero-order valence-electron chi connectivity index (χ0n) is 11.8. The zero-order chi connectivity index (χ0) is 15.8. The Hall–Kier alpha value is -2.48. The topological polar surface area (TPSA) is 109 Å². The predicted molar refractivity (Wildman–Crippen MR) is 73.0 cm³/mol. The molecule has 21 heavy (non-hydrogen) atoms. The van der Waals surface area contributed by atoms with Gasteiger partial charge < -0.3 is 20.1 Å². The zero-order valence-corrected chi connectivity index (χ0v) is 11.8. The number of pyridine rings is 1. The van der Waals surface area contributed by atoms with E-state index in [1.54, 1.807) is 0 Å². The van der Waals surface area contributed by atoms with E-state index in [0.717, 1.165) is 4.90 Å². The number of methoxy groups -OCH3 is 1. The Labute approximate surface area is 121 Å². The minimum Gasteiger partial charge on any atom is -0.480 e. The minimum atomic E-state index is -1.12. The second kappa shape index (κ2) is 7.95. The summed E-state index contributed by atoms with van der Waals surface area (Å²) in [5.74, 6) is -1.96. The van der Waals surface area contributed by atoms with Crippen molar-refractivity contribution in [1.82, 2.24) is 15.2 Å². The van der Waals surface area contributed by atoms with Crippen LogP contribution in [-0.4, -0.2) is 66.6 Å². The van der Waals surface area contributed by atoms with Gasteiger partial charge in [0.1, 0.15) is 12.2 Å². The van der Waals surface area contributed by atoms with Crippen molar-refractivity contribution in [3.8, 4) is 0 Å². The van der Waals surface area contributed by atoms with E-state index in [1.807, 2.05) is 0 Å². The number of aliphatic carboxylic acids is 1. The van der Waals surface area contributed by atoms with Gasteiger partial charge in [-0.15, -0.1) is 0 Å². The molecule has 0 atom stereocenters. The molecule has 114 valence electrons. The molecule has 0 radical (unpaired) electrons. The number of nitrogens with one attached hydrogen (secondary N) is 1. The van der Waals surface area contributed by atoms with E-state index in [9.17, 15) is 14.4 Å². The molecule has 0 aliphatic carbocycles. The van der Waals surface area contributed by atoms with E-state index in [4.69, 9.17) is 9.84 Å². The molecule has 0 aliphatic heterocycles. The predicted octanol–water partition coefficient (Wildman–Crippen LogP) is -0.386. The van der Waals surface area contributed by atoms with Crippen molar-refractivity contribution in [2.45, 2.75) is 0 Å². The fourth-order valence-corrected chi connectivity index (χ4v) is 1.58. The Morgan fingerprint density at radius 1 is 1.38 bits per heavy atom. The van der Waals surface area contributed by atoms with E-state index in [0.29, 0.717) is 0 Å². The smallest absolute Gasteiger partial charge is 0.323 e. The number of hydrogen-bond donors (Lipinski definition) is 2. The number of amides is 2. The third-order valence-electron chi connectivity index (χ3n) is 2.65. The molecule has 0 saturated heterocycles. The fourth-order valence-electron chi connectivity index (χ4n) is 1.58. The highest BCUT2D eigenvalue weighted by molar-refractivity contribution is 5.97. The van der Waals surface area contributed by atoms with Gasteiger partial charge in [-0.3, -0.25) is 19.4 Å². The standard InChI is InChI=1S/C13H17N3O5/c1-14-12(19)10-4-3-9(7-15-10)13(20)16(5-6-21-2)8-11(17)18/h3-4,7H,5-6,8H2,1-2H3,(H,14,19)(H,17,18). The molecule has 0 unspecified atom stereocenters. The van der Waals surface area contributed by atoms with Crippen LogP contribution in [0.2, 0.25) is 0 Å². The summed E-state index contributed by atoms with van der Waals surface area (Å²) >= 11 is 0. The average Bonchev–Trinajstić information content (AvgIpc) is 2.49. The van der Waals surface area contributed by atoms with Crippen LogP contribution >= 0.6 is 0 Å². The maximum atomic E-state index is 12.2. The number of aromatic nitrogens is 1. The molecule has 0 aliphatic rings. The summed E-state index contributed by atoms with van der Waals surface area (Å²) in [5.41, 5.74) is 0.385. The number of rotatable bonds is 7. The van der Waals surface area contributed by atoms with Crippen LogP contribution in [0.4, 0.5) is 0 Å².